The highest BCUT2D eigenvalue weighted by atomic mass is 14.9. The number of unbranched alkanes of at least 4 members (excludes halogenated alkanes) is 3. The van der Waals surface area contributed by atoms with Crippen LogP contribution < -0.4 is 5.32 Å². The van der Waals surface area contributed by atoms with Crippen molar-refractivity contribution < 1.29 is 0 Å². The standard InChI is InChI=1S/C11H23N/c1-4-6-7-8-10-11(12-3)9-5-2/h5,11-12H,2,4,6-10H2,1,3H3. The zero-order valence-electron chi connectivity index (χ0n) is 8.60. The van der Waals surface area contributed by atoms with Gasteiger partial charge in [0.2, 0.25) is 0 Å². The van der Waals surface area contributed by atoms with Crippen LogP contribution in [0.3, 0.4) is 0 Å². The maximum atomic E-state index is 3.75. The van der Waals surface area contributed by atoms with Crippen molar-refractivity contribution in [3.63, 3.8) is 0 Å². The molecule has 0 rings (SSSR count). The average Bonchev–Trinajstić information content (AvgIpc) is 2.10. The Morgan fingerprint density at radius 2 is 2.08 bits per heavy atom. The van der Waals surface area contributed by atoms with Crippen LogP contribution in [0.25, 0.3) is 0 Å². The molecular formula is C11H23N. The lowest BCUT2D eigenvalue weighted by Crippen LogP contribution is -2.24. The van der Waals surface area contributed by atoms with Gasteiger partial charge in [0.15, 0.2) is 0 Å². The lowest BCUT2D eigenvalue weighted by molar-refractivity contribution is 0.491. The minimum Gasteiger partial charge on any atom is -0.317 e. The van der Waals surface area contributed by atoms with Crippen LogP contribution in [-0.2, 0) is 0 Å². The van der Waals surface area contributed by atoms with E-state index in [9.17, 15) is 0 Å². The largest absolute Gasteiger partial charge is 0.317 e. The minimum absolute atomic E-state index is 0.652. The first-order valence-electron chi connectivity index (χ1n) is 5.13. The summed E-state index contributed by atoms with van der Waals surface area (Å²) < 4.78 is 0. The van der Waals surface area contributed by atoms with Gasteiger partial charge in [0, 0.05) is 6.04 Å². The van der Waals surface area contributed by atoms with Crippen molar-refractivity contribution in [2.24, 2.45) is 0 Å². The van der Waals surface area contributed by atoms with E-state index in [1.54, 1.807) is 0 Å². The molecule has 0 heterocycles. The quantitative estimate of drug-likeness (QED) is 0.435. The Kier molecular flexibility index (Phi) is 8.57. The molecule has 1 heteroatoms. The van der Waals surface area contributed by atoms with E-state index in [2.05, 4.69) is 18.8 Å². The Morgan fingerprint density at radius 3 is 2.58 bits per heavy atom. The van der Waals surface area contributed by atoms with Gasteiger partial charge in [0.1, 0.15) is 0 Å². The minimum atomic E-state index is 0.652. The Hall–Kier alpha value is -0.300. The van der Waals surface area contributed by atoms with E-state index in [1.807, 2.05) is 13.1 Å². The molecule has 0 aliphatic heterocycles. The normalized spacial score (nSPS) is 12.8. The van der Waals surface area contributed by atoms with E-state index < -0.39 is 0 Å². The first kappa shape index (κ1) is 11.7. The van der Waals surface area contributed by atoms with Crippen LogP contribution in [0.2, 0.25) is 0 Å². The zero-order valence-corrected chi connectivity index (χ0v) is 8.60. The van der Waals surface area contributed by atoms with Gasteiger partial charge < -0.3 is 5.32 Å². The Bertz CT molecular complexity index is 99.2. The molecule has 0 bridgehead atoms. The molecule has 0 aliphatic carbocycles. The van der Waals surface area contributed by atoms with Gasteiger partial charge in [-0.1, -0.05) is 38.7 Å². The maximum Gasteiger partial charge on any atom is 0.00984 e. The third-order valence-electron chi connectivity index (χ3n) is 2.27. The van der Waals surface area contributed by atoms with Crippen LogP contribution in [0.15, 0.2) is 12.7 Å². The van der Waals surface area contributed by atoms with Gasteiger partial charge in [-0.05, 0) is 19.9 Å². The molecule has 0 aliphatic rings. The first-order valence-corrected chi connectivity index (χ1v) is 5.13. The summed E-state index contributed by atoms with van der Waals surface area (Å²) in [5.74, 6) is 0. The number of nitrogens with one attached hydrogen (secondary N) is 1. The van der Waals surface area contributed by atoms with Crippen molar-refractivity contribution in [2.75, 3.05) is 7.05 Å². The predicted molar refractivity (Wildman–Crippen MR) is 56.4 cm³/mol. The van der Waals surface area contributed by atoms with Crippen molar-refractivity contribution in [3.8, 4) is 0 Å². The topological polar surface area (TPSA) is 12.0 Å². The Morgan fingerprint density at radius 1 is 1.33 bits per heavy atom. The molecule has 0 aromatic rings. The zero-order chi connectivity index (χ0) is 9.23. The lowest BCUT2D eigenvalue weighted by Gasteiger charge is -2.13. The molecule has 1 N–H and O–H groups in total. The molecule has 1 atom stereocenters. The summed E-state index contributed by atoms with van der Waals surface area (Å²) in [5.41, 5.74) is 0. The summed E-state index contributed by atoms with van der Waals surface area (Å²) in [6.07, 6.45) is 9.83. The fourth-order valence-corrected chi connectivity index (χ4v) is 1.40. The number of rotatable bonds is 8. The summed E-state index contributed by atoms with van der Waals surface area (Å²) in [5, 5.41) is 3.31. The van der Waals surface area contributed by atoms with E-state index in [1.165, 1.54) is 32.1 Å². The van der Waals surface area contributed by atoms with Gasteiger partial charge >= 0.3 is 0 Å². The van der Waals surface area contributed by atoms with Crippen LogP contribution >= 0.6 is 0 Å². The predicted octanol–water partition coefficient (Wildman–Crippen LogP) is 3.12. The SMILES string of the molecule is C=CCC(CCCCCC)NC. The Labute approximate surface area is 77.2 Å². The molecule has 0 radical (unpaired) electrons. The van der Waals surface area contributed by atoms with Crippen molar-refractivity contribution in [1.82, 2.24) is 5.32 Å². The second-order valence-corrected chi connectivity index (χ2v) is 3.36. The second kappa shape index (κ2) is 8.79. The first-order chi connectivity index (χ1) is 5.85. The molecule has 0 spiro atoms. The Balaban J connectivity index is 3.25. The summed E-state index contributed by atoms with van der Waals surface area (Å²) in [6, 6.07) is 0.652. The van der Waals surface area contributed by atoms with E-state index in [0.717, 1.165) is 6.42 Å². The van der Waals surface area contributed by atoms with Gasteiger partial charge in [0.05, 0.1) is 0 Å². The monoisotopic (exact) mass is 169 g/mol. The fraction of sp³-hybridized carbons (Fsp3) is 0.818. The molecule has 0 saturated carbocycles. The van der Waals surface area contributed by atoms with Crippen LogP contribution in [0.5, 0.6) is 0 Å². The van der Waals surface area contributed by atoms with E-state index in [0.29, 0.717) is 6.04 Å². The molecule has 0 saturated heterocycles. The highest BCUT2D eigenvalue weighted by molar-refractivity contribution is 4.76. The van der Waals surface area contributed by atoms with Gasteiger partial charge in [0.25, 0.3) is 0 Å². The number of hydrogen-bond acceptors (Lipinski definition) is 1. The van der Waals surface area contributed by atoms with Crippen molar-refractivity contribution >= 4 is 0 Å². The molecule has 72 valence electrons. The molecule has 0 amide bonds. The van der Waals surface area contributed by atoms with Crippen LogP contribution in [0.1, 0.15) is 45.4 Å². The van der Waals surface area contributed by atoms with Gasteiger partial charge in [-0.3, -0.25) is 0 Å². The fourth-order valence-electron chi connectivity index (χ4n) is 1.40. The summed E-state index contributed by atoms with van der Waals surface area (Å²) in [7, 11) is 2.04. The number of hydrogen-bond donors (Lipinski definition) is 1. The molecule has 0 fully saturated rings. The summed E-state index contributed by atoms with van der Waals surface area (Å²) >= 11 is 0. The molecule has 0 aromatic carbocycles. The average molecular weight is 169 g/mol. The van der Waals surface area contributed by atoms with Gasteiger partial charge in [-0.25, -0.2) is 0 Å². The highest BCUT2D eigenvalue weighted by Crippen LogP contribution is 2.07. The van der Waals surface area contributed by atoms with Crippen LogP contribution in [0, 0.1) is 0 Å². The van der Waals surface area contributed by atoms with E-state index in [-0.39, 0.29) is 0 Å². The summed E-state index contributed by atoms with van der Waals surface area (Å²) in [4.78, 5) is 0. The van der Waals surface area contributed by atoms with Gasteiger partial charge in [-0.2, -0.15) is 0 Å². The van der Waals surface area contributed by atoms with E-state index >= 15 is 0 Å². The van der Waals surface area contributed by atoms with Crippen LogP contribution in [-0.4, -0.2) is 13.1 Å². The molecule has 1 nitrogen and oxygen atoms in total. The maximum absolute atomic E-state index is 3.75. The third-order valence-corrected chi connectivity index (χ3v) is 2.27. The molecule has 0 aromatic heterocycles. The summed E-state index contributed by atoms with van der Waals surface area (Å²) in [6.45, 7) is 6.00. The van der Waals surface area contributed by atoms with Crippen molar-refractivity contribution in [3.05, 3.63) is 12.7 Å². The third kappa shape index (κ3) is 6.41. The van der Waals surface area contributed by atoms with Crippen LogP contribution in [0.4, 0.5) is 0 Å². The lowest BCUT2D eigenvalue weighted by atomic mass is 10.1. The van der Waals surface area contributed by atoms with Gasteiger partial charge in [-0.15, -0.1) is 6.58 Å². The molecule has 1 unspecified atom stereocenters. The highest BCUT2D eigenvalue weighted by Gasteiger charge is 2.01. The molecule has 12 heavy (non-hydrogen) atoms. The van der Waals surface area contributed by atoms with E-state index in [4.69, 9.17) is 0 Å². The smallest absolute Gasteiger partial charge is 0.00984 e. The van der Waals surface area contributed by atoms with Crippen molar-refractivity contribution in [2.45, 2.75) is 51.5 Å². The second-order valence-electron chi connectivity index (χ2n) is 3.36. The van der Waals surface area contributed by atoms with Crippen molar-refractivity contribution in [1.29, 1.82) is 0 Å². The molecular weight excluding hydrogens is 146 g/mol.